The van der Waals surface area contributed by atoms with E-state index in [1.165, 1.54) is 18.2 Å². The van der Waals surface area contributed by atoms with Gasteiger partial charge in [-0.2, -0.15) is 0 Å². The second kappa shape index (κ2) is 5.61. The van der Waals surface area contributed by atoms with Gasteiger partial charge in [0.05, 0.1) is 5.69 Å². The number of amides is 1. The van der Waals surface area contributed by atoms with Crippen molar-refractivity contribution in [2.75, 3.05) is 5.73 Å². The van der Waals surface area contributed by atoms with Crippen molar-refractivity contribution in [2.45, 2.75) is 13.5 Å². The minimum Gasteiger partial charge on any atom is -0.487 e. The summed E-state index contributed by atoms with van der Waals surface area (Å²) in [6.45, 7) is 1.89. The summed E-state index contributed by atoms with van der Waals surface area (Å²) in [7, 11) is 0. The van der Waals surface area contributed by atoms with Crippen molar-refractivity contribution >= 4 is 11.6 Å². The average molecular weight is 274 g/mol. The lowest BCUT2D eigenvalue weighted by Crippen LogP contribution is -2.12. The molecule has 5 heteroatoms. The molecule has 0 spiro atoms. The van der Waals surface area contributed by atoms with Crippen LogP contribution in [0.1, 0.15) is 21.5 Å². The molecule has 1 amide bonds. The van der Waals surface area contributed by atoms with Crippen LogP contribution in [0.5, 0.6) is 5.75 Å². The Bertz CT molecular complexity index is 656. The molecular weight excluding hydrogens is 259 g/mol. The number of hydrogen-bond acceptors (Lipinski definition) is 3. The Morgan fingerprint density at radius 2 is 2.00 bits per heavy atom. The molecule has 0 aliphatic rings. The van der Waals surface area contributed by atoms with Crippen LogP contribution in [0.2, 0.25) is 0 Å². The Balaban J connectivity index is 2.18. The van der Waals surface area contributed by atoms with Gasteiger partial charge in [0.1, 0.15) is 18.2 Å². The number of rotatable bonds is 4. The van der Waals surface area contributed by atoms with Gasteiger partial charge in [-0.05, 0) is 42.8 Å². The normalized spacial score (nSPS) is 10.3. The maximum atomic E-state index is 13.6. The van der Waals surface area contributed by atoms with Crippen LogP contribution in [0.3, 0.4) is 0 Å². The Labute approximate surface area is 116 Å². The van der Waals surface area contributed by atoms with E-state index in [-0.39, 0.29) is 17.7 Å². The Morgan fingerprint density at radius 1 is 1.25 bits per heavy atom. The summed E-state index contributed by atoms with van der Waals surface area (Å²) in [5.74, 6) is -0.596. The van der Waals surface area contributed by atoms with Gasteiger partial charge in [-0.1, -0.05) is 6.07 Å². The fourth-order valence-electron chi connectivity index (χ4n) is 1.79. The number of carbonyl (C=O) groups excluding carboxylic acids is 1. The highest BCUT2D eigenvalue weighted by Gasteiger charge is 2.09. The van der Waals surface area contributed by atoms with Crippen molar-refractivity contribution in [1.29, 1.82) is 0 Å². The van der Waals surface area contributed by atoms with E-state index in [0.717, 1.165) is 5.56 Å². The number of nitrogen functional groups attached to an aromatic ring is 1. The quantitative estimate of drug-likeness (QED) is 0.840. The molecule has 0 fully saturated rings. The maximum absolute atomic E-state index is 13.6. The summed E-state index contributed by atoms with van der Waals surface area (Å²) in [5.41, 5.74) is 13.0. The standard InChI is InChI=1S/C15H15FN2O2/c1-9-2-5-14(13(17)6-9)20-8-11-7-10(15(18)19)3-4-12(11)16/h2-7H,8,17H2,1H3,(H2,18,19). The van der Waals surface area contributed by atoms with Gasteiger partial charge in [0.2, 0.25) is 5.91 Å². The molecule has 2 aromatic carbocycles. The Morgan fingerprint density at radius 3 is 2.65 bits per heavy atom. The molecule has 0 radical (unpaired) electrons. The van der Waals surface area contributed by atoms with E-state index >= 15 is 0 Å². The first-order chi connectivity index (χ1) is 9.47. The summed E-state index contributed by atoms with van der Waals surface area (Å²) >= 11 is 0. The molecule has 0 saturated carbocycles. The summed E-state index contributed by atoms with van der Waals surface area (Å²) < 4.78 is 19.1. The number of nitrogens with two attached hydrogens (primary N) is 2. The van der Waals surface area contributed by atoms with Gasteiger partial charge in [0.15, 0.2) is 0 Å². The van der Waals surface area contributed by atoms with Gasteiger partial charge >= 0.3 is 0 Å². The highest BCUT2D eigenvalue weighted by Crippen LogP contribution is 2.23. The molecule has 0 heterocycles. The molecule has 0 saturated heterocycles. The van der Waals surface area contributed by atoms with Crippen molar-refractivity contribution < 1.29 is 13.9 Å². The lowest BCUT2D eigenvalue weighted by Gasteiger charge is -2.10. The molecule has 2 rings (SSSR count). The molecule has 4 nitrogen and oxygen atoms in total. The van der Waals surface area contributed by atoms with Crippen molar-refractivity contribution in [2.24, 2.45) is 5.73 Å². The van der Waals surface area contributed by atoms with Crippen LogP contribution in [-0.2, 0) is 6.61 Å². The summed E-state index contributed by atoms with van der Waals surface area (Å²) in [6.07, 6.45) is 0. The van der Waals surface area contributed by atoms with Crippen molar-refractivity contribution in [3.63, 3.8) is 0 Å². The second-order valence-corrected chi connectivity index (χ2v) is 4.50. The predicted molar refractivity (Wildman–Crippen MR) is 74.8 cm³/mol. The smallest absolute Gasteiger partial charge is 0.248 e. The molecule has 0 unspecified atom stereocenters. The average Bonchev–Trinajstić information content (AvgIpc) is 2.39. The van der Waals surface area contributed by atoms with Crippen molar-refractivity contribution in [3.05, 3.63) is 58.9 Å². The zero-order valence-corrected chi connectivity index (χ0v) is 11.0. The fraction of sp³-hybridized carbons (Fsp3) is 0.133. The van der Waals surface area contributed by atoms with E-state index in [0.29, 0.717) is 11.4 Å². The number of primary amides is 1. The van der Waals surface area contributed by atoms with E-state index in [9.17, 15) is 9.18 Å². The third-order valence-corrected chi connectivity index (χ3v) is 2.88. The summed E-state index contributed by atoms with van der Waals surface area (Å²) in [5, 5.41) is 0. The second-order valence-electron chi connectivity index (χ2n) is 4.50. The number of ether oxygens (including phenoxy) is 1. The lowest BCUT2D eigenvalue weighted by molar-refractivity contribution is 0.1000. The van der Waals surface area contributed by atoms with Gasteiger partial charge in [-0.3, -0.25) is 4.79 Å². The minimum absolute atomic E-state index is 0.0276. The van der Waals surface area contributed by atoms with Crippen LogP contribution < -0.4 is 16.2 Å². The van der Waals surface area contributed by atoms with Crippen LogP contribution in [0.4, 0.5) is 10.1 Å². The number of anilines is 1. The first-order valence-corrected chi connectivity index (χ1v) is 6.04. The molecule has 104 valence electrons. The SMILES string of the molecule is Cc1ccc(OCc2cc(C(N)=O)ccc2F)c(N)c1. The molecule has 0 atom stereocenters. The topological polar surface area (TPSA) is 78.3 Å². The number of carbonyl (C=O) groups is 1. The molecule has 20 heavy (non-hydrogen) atoms. The number of aryl methyl sites for hydroxylation is 1. The van der Waals surface area contributed by atoms with Gasteiger partial charge in [-0.25, -0.2) is 4.39 Å². The first-order valence-electron chi connectivity index (χ1n) is 6.04. The number of benzene rings is 2. The number of halogens is 1. The van der Waals surface area contributed by atoms with E-state index < -0.39 is 11.7 Å². The zero-order valence-electron chi connectivity index (χ0n) is 11.0. The summed E-state index contributed by atoms with van der Waals surface area (Å²) in [6, 6.07) is 9.24. The van der Waals surface area contributed by atoms with E-state index in [4.69, 9.17) is 16.2 Å². The number of hydrogen-bond donors (Lipinski definition) is 2. The van der Waals surface area contributed by atoms with Gasteiger partial charge in [-0.15, -0.1) is 0 Å². The maximum Gasteiger partial charge on any atom is 0.248 e. The molecule has 0 aliphatic heterocycles. The van der Waals surface area contributed by atoms with Crippen LogP contribution in [0.15, 0.2) is 36.4 Å². The third kappa shape index (κ3) is 3.06. The zero-order chi connectivity index (χ0) is 14.7. The van der Waals surface area contributed by atoms with E-state index in [1.54, 1.807) is 12.1 Å². The highest BCUT2D eigenvalue weighted by atomic mass is 19.1. The van der Waals surface area contributed by atoms with E-state index in [1.807, 2.05) is 13.0 Å². The van der Waals surface area contributed by atoms with Crippen molar-refractivity contribution in [1.82, 2.24) is 0 Å². The fourth-order valence-corrected chi connectivity index (χ4v) is 1.79. The Hall–Kier alpha value is -2.56. The van der Waals surface area contributed by atoms with Crippen LogP contribution in [0.25, 0.3) is 0 Å². The third-order valence-electron chi connectivity index (χ3n) is 2.88. The largest absolute Gasteiger partial charge is 0.487 e. The molecule has 0 aromatic heterocycles. The van der Waals surface area contributed by atoms with Gasteiger partial charge in [0, 0.05) is 11.1 Å². The van der Waals surface area contributed by atoms with Crippen LogP contribution in [-0.4, -0.2) is 5.91 Å². The molecule has 4 N–H and O–H groups in total. The van der Waals surface area contributed by atoms with Gasteiger partial charge in [0.25, 0.3) is 0 Å². The van der Waals surface area contributed by atoms with Crippen LogP contribution >= 0.6 is 0 Å². The Kier molecular flexibility index (Phi) is 3.89. The molecule has 0 bridgehead atoms. The van der Waals surface area contributed by atoms with Gasteiger partial charge < -0.3 is 16.2 Å². The first kappa shape index (κ1) is 13.9. The predicted octanol–water partition coefficient (Wildman–Crippen LogP) is 2.39. The molecular formula is C15H15FN2O2. The van der Waals surface area contributed by atoms with E-state index in [2.05, 4.69) is 0 Å². The summed E-state index contributed by atoms with van der Waals surface area (Å²) in [4.78, 5) is 11.1. The van der Waals surface area contributed by atoms with Crippen LogP contribution in [0, 0.1) is 12.7 Å². The molecule has 0 aliphatic carbocycles. The molecule has 2 aromatic rings. The lowest BCUT2D eigenvalue weighted by atomic mass is 10.1. The van der Waals surface area contributed by atoms with Crippen molar-refractivity contribution in [3.8, 4) is 5.75 Å². The minimum atomic E-state index is -0.610. The monoisotopic (exact) mass is 274 g/mol. The highest BCUT2D eigenvalue weighted by molar-refractivity contribution is 5.92.